The van der Waals surface area contributed by atoms with E-state index >= 15 is 0 Å². The van der Waals surface area contributed by atoms with Crippen molar-refractivity contribution >= 4 is 17.7 Å². The van der Waals surface area contributed by atoms with Crippen LogP contribution in [0, 0.1) is 0 Å². The van der Waals surface area contributed by atoms with Gasteiger partial charge < -0.3 is 14.8 Å². The van der Waals surface area contributed by atoms with Crippen molar-refractivity contribution in [3.05, 3.63) is 47.8 Å². The molecular formula is C18H24N4OS. The topological polar surface area (TPSA) is 50.2 Å². The molecule has 1 aliphatic heterocycles. The van der Waals surface area contributed by atoms with E-state index in [0.29, 0.717) is 6.04 Å². The molecule has 1 fully saturated rings. The largest absolute Gasteiger partial charge is 0.350 e. The van der Waals surface area contributed by atoms with Crippen molar-refractivity contribution in [2.24, 2.45) is 7.05 Å². The zero-order chi connectivity index (χ0) is 16.9. The zero-order valence-corrected chi connectivity index (χ0v) is 15.1. The second-order valence-corrected chi connectivity index (χ2v) is 7.24. The molecule has 0 spiro atoms. The Morgan fingerprint density at radius 1 is 1.42 bits per heavy atom. The molecule has 1 aromatic heterocycles. The fourth-order valence-electron chi connectivity index (χ4n) is 2.99. The van der Waals surface area contributed by atoms with E-state index in [1.807, 2.05) is 36.0 Å². The fourth-order valence-corrected chi connectivity index (χ4v) is 3.87. The summed E-state index contributed by atoms with van der Waals surface area (Å²) in [6, 6.07) is 8.32. The first-order valence-corrected chi connectivity index (χ1v) is 9.29. The van der Waals surface area contributed by atoms with Crippen molar-refractivity contribution in [1.82, 2.24) is 19.8 Å². The van der Waals surface area contributed by atoms with Crippen LogP contribution in [0.3, 0.4) is 0 Å². The molecule has 6 heteroatoms. The Morgan fingerprint density at radius 3 is 3.00 bits per heavy atom. The molecule has 1 atom stereocenters. The minimum absolute atomic E-state index is 0.0131. The lowest BCUT2D eigenvalue weighted by molar-refractivity contribution is 0.0943. The van der Waals surface area contributed by atoms with Crippen molar-refractivity contribution in [1.29, 1.82) is 0 Å². The standard InChI is InChI=1S/C18H24N4OS/c1-21-9-4-7-16(21)12-20-17(23)15-6-3-5-14(11-15)13-24-18-19-8-10-22(18)2/h3,5-6,8,10-11,16H,4,7,9,12-13H2,1-2H3,(H,20,23)/t16-/m0/s1. The van der Waals surface area contributed by atoms with Crippen LogP contribution in [-0.2, 0) is 12.8 Å². The number of nitrogens with one attached hydrogen (secondary N) is 1. The predicted octanol–water partition coefficient (Wildman–Crippen LogP) is 2.54. The van der Waals surface area contributed by atoms with Crippen molar-refractivity contribution in [3.8, 4) is 0 Å². The number of hydrogen-bond acceptors (Lipinski definition) is 4. The van der Waals surface area contributed by atoms with Crippen LogP contribution in [0.1, 0.15) is 28.8 Å². The van der Waals surface area contributed by atoms with Crippen LogP contribution in [-0.4, -0.2) is 46.5 Å². The molecule has 1 saturated heterocycles. The molecule has 0 bridgehead atoms. The van der Waals surface area contributed by atoms with Crippen LogP contribution in [0.25, 0.3) is 0 Å². The molecule has 1 aliphatic rings. The van der Waals surface area contributed by atoms with E-state index < -0.39 is 0 Å². The number of imidazole rings is 1. The van der Waals surface area contributed by atoms with Crippen molar-refractivity contribution in [2.45, 2.75) is 29.8 Å². The zero-order valence-electron chi connectivity index (χ0n) is 14.2. The van der Waals surface area contributed by atoms with E-state index in [4.69, 9.17) is 0 Å². The van der Waals surface area contributed by atoms with Crippen LogP contribution in [0.2, 0.25) is 0 Å². The van der Waals surface area contributed by atoms with E-state index in [-0.39, 0.29) is 5.91 Å². The minimum atomic E-state index is 0.0131. The number of nitrogens with zero attached hydrogens (tertiary/aromatic N) is 3. The van der Waals surface area contributed by atoms with Gasteiger partial charge in [-0.3, -0.25) is 4.79 Å². The van der Waals surface area contributed by atoms with Crippen LogP contribution >= 0.6 is 11.8 Å². The first-order valence-electron chi connectivity index (χ1n) is 8.31. The minimum Gasteiger partial charge on any atom is -0.350 e. The monoisotopic (exact) mass is 344 g/mol. The molecular weight excluding hydrogens is 320 g/mol. The lowest BCUT2D eigenvalue weighted by Gasteiger charge is -2.19. The van der Waals surface area contributed by atoms with Gasteiger partial charge in [0.05, 0.1) is 0 Å². The highest BCUT2D eigenvalue weighted by atomic mass is 32.2. The maximum atomic E-state index is 12.4. The summed E-state index contributed by atoms with van der Waals surface area (Å²) in [6.07, 6.45) is 6.12. The summed E-state index contributed by atoms with van der Waals surface area (Å²) in [5.41, 5.74) is 1.86. The quantitative estimate of drug-likeness (QED) is 0.818. The molecule has 3 rings (SSSR count). The van der Waals surface area contributed by atoms with Gasteiger partial charge in [-0.2, -0.15) is 0 Å². The van der Waals surface area contributed by atoms with Gasteiger partial charge in [-0.1, -0.05) is 23.9 Å². The lowest BCUT2D eigenvalue weighted by atomic mass is 10.1. The molecule has 2 heterocycles. The predicted molar refractivity (Wildman–Crippen MR) is 97.2 cm³/mol. The summed E-state index contributed by atoms with van der Waals surface area (Å²) < 4.78 is 2.00. The third-order valence-corrected chi connectivity index (χ3v) is 5.63. The maximum absolute atomic E-state index is 12.4. The first-order chi connectivity index (χ1) is 11.6. The van der Waals surface area contributed by atoms with Gasteiger partial charge in [0.25, 0.3) is 5.91 Å². The van der Waals surface area contributed by atoms with Gasteiger partial charge in [-0.25, -0.2) is 4.98 Å². The normalized spacial score (nSPS) is 18.0. The van der Waals surface area contributed by atoms with E-state index in [0.717, 1.165) is 41.5 Å². The number of likely N-dealkylation sites (N-methyl/N-ethyl adjacent to an activating group) is 1. The molecule has 128 valence electrons. The number of hydrogen-bond donors (Lipinski definition) is 1. The summed E-state index contributed by atoms with van der Waals surface area (Å²) in [6.45, 7) is 1.85. The highest BCUT2D eigenvalue weighted by Gasteiger charge is 2.21. The molecule has 0 unspecified atom stereocenters. The van der Waals surface area contributed by atoms with E-state index in [1.54, 1.807) is 18.0 Å². The van der Waals surface area contributed by atoms with E-state index in [9.17, 15) is 4.79 Å². The molecule has 1 aromatic carbocycles. The highest BCUT2D eigenvalue weighted by molar-refractivity contribution is 7.98. The molecule has 1 amide bonds. The molecule has 2 aromatic rings. The van der Waals surface area contributed by atoms with Crippen molar-refractivity contribution in [2.75, 3.05) is 20.1 Å². The van der Waals surface area contributed by atoms with Gasteiger partial charge in [0.15, 0.2) is 5.16 Å². The average Bonchev–Trinajstić information content (AvgIpc) is 3.19. The summed E-state index contributed by atoms with van der Waals surface area (Å²) in [7, 11) is 4.11. The van der Waals surface area contributed by atoms with Gasteiger partial charge in [0.2, 0.25) is 0 Å². The summed E-state index contributed by atoms with van der Waals surface area (Å²) >= 11 is 1.67. The van der Waals surface area contributed by atoms with Crippen LogP contribution < -0.4 is 5.32 Å². The molecule has 5 nitrogen and oxygen atoms in total. The summed E-state index contributed by atoms with van der Waals surface area (Å²) in [5, 5.41) is 4.05. The molecule has 0 aliphatic carbocycles. The van der Waals surface area contributed by atoms with Crippen LogP contribution in [0.15, 0.2) is 41.8 Å². The summed E-state index contributed by atoms with van der Waals surface area (Å²) in [4.78, 5) is 19.0. The van der Waals surface area contributed by atoms with Gasteiger partial charge in [-0.15, -0.1) is 0 Å². The number of carbonyl (C=O) groups is 1. The smallest absolute Gasteiger partial charge is 0.251 e. The second-order valence-electron chi connectivity index (χ2n) is 6.30. The average molecular weight is 344 g/mol. The Labute approximate surface area is 147 Å². The van der Waals surface area contributed by atoms with Gasteiger partial charge in [0.1, 0.15) is 0 Å². The lowest BCUT2D eigenvalue weighted by Crippen LogP contribution is -2.38. The Hall–Kier alpha value is -1.79. The molecule has 0 radical (unpaired) electrons. The Kier molecular flexibility index (Phi) is 5.58. The number of aromatic nitrogens is 2. The molecule has 24 heavy (non-hydrogen) atoms. The maximum Gasteiger partial charge on any atom is 0.251 e. The number of amides is 1. The summed E-state index contributed by atoms with van der Waals surface area (Å²) in [5.74, 6) is 0.816. The van der Waals surface area contributed by atoms with Gasteiger partial charge in [0, 0.05) is 43.3 Å². The SMILES string of the molecule is CN1CCC[C@H]1CNC(=O)c1cccc(CSc2nccn2C)c1. The van der Waals surface area contributed by atoms with Gasteiger partial charge in [-0.05, 0) is 44.1 Å². The Balaban J connectivity index is 1.55. The van der Waals surface area contributed by atoms with E-state index in [2.05, 4.69) is 28.3 Å². The number of benzene rings is 1. The number of thioether (sulfide) groups is 1. The highest BCUT2D eigenvalue weighted by Crippen LogP contribution is 2.21. The Bertz CT molecular complexity index is 700. The van der Waals surface area contributed by atoms with Crippen molar-refractivity contribution < 1.29 is 4.79 Å². The van der Waals surface area contributed by atoms with Crippen LogP contribution in [0.5, 0.6) is 0 Å². The third kappa shape index (κ3) is 4.19. The van der Waals surface area contributed by atoms with Gasteiger partial charge >= 0.3 is 0 Å². The number of aryl methyl sites for hydroxylation is 1. The molecule has 0 saturated carbocycles. The third-order valence-electron chi connectivity index (χ3n) is 4.50. The van der Waals surface area contributed by atoms with E-state index in [1.165, 1.54) is 6.42 Å². The van der Waals surface area contributed by atoms with Crippen molar-refractivity contribution in [3.63, 3.8) is 0 Å². The Morgan fingerprint density at radius 2 is 2.29 bits per heavy atom. The second kappa shape index (κ2) is 7.85. The number of rotatable bonds is 6. The molecule has 1 N–H and O–H groups in total. The van der Waals surface area contributed by atoms with Crippen LogP contribution in [0.4, 0.5) is 0 Å². The number of likely N-dealkylation sites (tertiary alicyclic amines) is 1. The first kappa shape index (κ1) is 17.0. The fraction of sp³-hybridized carbons (Fsp3) is 0.444. The number of carbonyl (C=O) groups excluding carboxylic acids is 1.